The predicted molar refractivity (Wildman–Crippen MR) is 126 cm³/mol. The Balaban J connectivity index is 1.32. The quantitative estimate of drug-likeness (QED) is 0.480. The van der Waals surface area contributed by atoms with Crippen LogP contribution in [-0.2, 0) is 23.0 Å². The van der Waals surface area contributed by atoms with Gasteiger partial charge in [0.2, 0.25) is 10.0 Å². The first kappa shape index (κ1) is 20.8. The van der Waals surface area contributed by atoms with Crippen LogP contribution in [0.25, 0.3) is 10.2 Å². The van der Waals surface area contributed by atoms with Crippen molar-refractivity contribution in [2.75, 3.05) is 11.9 Å². The van der Waals surface area contributed by atoms with Crippen molar-refractivity contribution >= 4 is 43.2 Å². The Morgan fingerprint density at radius 3 is 2.56 bits per heavy atom. The molecule has 5 rings (SSSR count). The molecule has 0 radical (unpaired) electrons. The molecule has 8 heteroatoms. The number of rotatable bonds is 4. The van der Waals surface area contributed by atoms with Gasteiger partial charge in [-0.25, -0.2) is 13.4 Å². The van der Waals surface area contributed by atoms with Gasteiger partial charge in [0.1, 0.15) is 0 Å². The van der Waals surface area contributed by atoms with Crippen LogP contribution >= 0.6 is 11.3 Å². The van der Waals surface area contributed by atoms with E-state index in [4.69, 9.17) is 0 Å². The Morgan fingerprint density at radius 1 is 1.03 bits per heavy atom. The molecule has 3 aromatic carbocycles. The molecular weight excluding hydrogens is 442 g/mol. The van der Waals surface area contributed by atoms with Crippen molar-refractivity contribution < 1.29 is 13.2 Å². The van der Waals surface area contributed by atoms with Crippen molar-refractivity contribution in [2.24, 2.45) is 0 Å². The monoisotopic (exact) mass is 463 g/mol. The molecule has 32 heavy (non-hydrogen) atoms. The zero-order valence-electron chi connectivity index (χ0n) is 17.4. The van der Waals surface area contributed by atoms with Gasteiger partial charge in [0, 0.05) is 24.3 Å². The van der Waals surface area contributed by atoms with E-state index in [1.807, 2.05) is 49.4 Å². The van der Waals surface area contributed by atoms with Crippen LogP contribution in [0, 0.1) is 6.92 Å². The Labute approximate surface area is 190 Å². The summed E-state index contributed by atoms with van der Waals surface area (Å²) in [4.78, 5) is 17.3. The molecule has 0 saturated carbocycles. The number of sulfonamides is 1. The smallest absolute Gasteiger partial charge is 0.255 e. The van der Waals surface area contributed by atoms with Gasteiger partial charge in [-0.15, -0.1) is 11.3 Å². The number of hydrogen-bond donors (Lipinski definition) is 1. The van der Waals surface area contributed by atoms with Crippen LogP contribution in [0.1, 0.15) is 26.5 Å². The van der Waals surface area contributed by atoms with Crippen molar-refractivity contribution in [3.05, 3.63) is 88.4 Å². The maximum atomic E-state index is 13.1. The Bertz CT molecular complexity index is 1430. The number of carbonyl (C=O) groups is 1. The zero-order chi connectivity index (χ0) is 22.3. The van der Waals surface area contributed by atoms with Crippen LogP contribution in [0.2, 0.25) is 0 Å². The van der Waals surface area contributed by atoms with E-state index in [-0.39, 0.29) is 10.8 Å². The summed E-state index contributed by atoms with van der Waals surface area (Å²) in [6.07, 6.45) is 0.694. The van der Waals surface area contributed by atoms with Gasteiger partial charge in [-0.05, 0) is 66.9 Å². The summed E-state index contributed by atoms with van der Waals surface area (Å²) < 4.78 is 28.7. The molecule has 0 atom stereocenters. The number of aromatic nitrogens is 1. The number of carbonyl (C=O) groups excluding carboxylic acids is 1. The molecule has 0 spiro atoms. The minimum atomic E-state index is -3.63. The molecule has 0 bridgehead atoms. The van der Waals surface area contributed by atoms with Crippen molar-refractivity contribution in [3.8, 4) is 0 Å². The van der Waals surface area contributed by atoms with Crippen molar-refractivity contribution in [3.63, 3.8) is 0 Å². The first-order valence-electron chi connectivity index (χ1n) is 10.3. The second-order valence-electron chi connectivity index (χ2n) is 7.75. The first-order valence-corrected chi connectivity index (χ1v) is 12.5. The number of benzene rings is 3. The lowest BCUT2D eigenvalue weighted by Gasteiger charge is -2.28. The fourth-order valence-corrected chi connectivity index (χ4v) is 6.21. The summed E-state index contributed by atoms with van der Waals surface area (Å²) in [5, 5.41) is 3.84. The number of hydrogen-bond acceptors (Lipinski definition) is 5. The topological polar surface area (TPSA) is 79.4 Å². The molecule has 1 aromatic heterocycles. The van der Waals surface area contributed by atoms with E-state index in [0.717, 1.165) is 20.8 Å². The molecule has 1 N–H and O–H groups in total. The molecule has 6 nitrogen and oxygen atoms in total. The minimum Gasteiger partial charge on any atom is -0.322 e. The van der Waals surface area contributed by atoms with Gasteiger partial charge in [-0.1, -0.05) is 24.3 Å². The van der Waals surface area contributed by atoms with E-state index in [0.29, 0.717) is 30.8 Å². The highest BCUT2D eigenvalue weighted by molar-refractivity contribution is 7.89. The molecule has 2 heterocycles. The van der Waals surface area contributed by atoms with Crippen LogP contribution in [0.5, 0.6) is 0 Å². The lowest BCUT2D eigenvalue weighted by molar-refractivity contribution is 0.102. The number of aryl methyl sites for hydroxylation is 1. The van der Waals surface area contributed by atoms with E-state index in [9.17, 15) is 13.2 Å². The summed E-state index contributed by atoms with van der Waals surface area (Å²) in [6.45, 7) is 2.75. The van der Waals surface area contributed by atoms with Crippen molar-refractivity contribution in [1.29, 1.82) is 0 Å². The van der Waals surface area contributed by atoms with E-state index >= 15 is 0 Å². The van der Waals surface area contributed by atoms with Crippen LogP contribution in [0.4, 0.5) is 5.69 Å². The standard InChI is InChI=1S/C24H21N3O3S2/c1-16-25-22-11-8-20(14-23(22)31-16)26-24(28)18-6-9-21(10-7-18)32(29,30)27-13-12-17-4-2-3-5-19(17)15-27/h2-11,14H,12-13,15H2,1H3,(H,26,28). The summed E-state index contributed by atoms with van der Waals surface area (Å²) in [6, 6.07) is 19.6. The second kappa shape index (κ2) is 8.12. The molecule has 1 aliphatic rings. The normalized spacial score (nSPS) is 14.3. The molecule has 162 valence electrons. The molecule has 1 amide bonds. The third-order valence-electron chi connectivity index (χ3n) is 5.60. The predicted octanol–water partition coefficient (Wildman–Crippen LogP) is 4.60. The van der Waals surface area contributed by atoms with E-state index in [1.165, 1.54) is 22.0 Å². The zero-order valence-corrected chi connectivity index (χ0v) is 19.0. The number of nitrogens with one attached hydrogen (secondary N) is 1. The summed E-state index contributed by atoms with van der Waals surface area (Å²) in [5.41, 5.74) is 4.20. The number of fused-ring (bicyclic) bond motifs is 2. The third-order valence-corrected chi connectivity index (χ3v) is 8.40. The lowest BCUT2D eigenvalue weighted by atomic mass is 10.0. The fraction of sp³-hybridized carbons (Fsp3) is 0.167. The summed E-state index contributed by atoms with van der Waals surface area (Å²) in [7, 11) is -3.63. The summed E-state index contributed by atoms with van der Waals surface area (Å²) in [5.74, 6) is -0.290. The van der Waals surface area contributed by atoms with E-state index < -0.39 is 10.0 Å². The molecular formula is C24H21N3O3S2. The van der Waals surface area contributed by atoms with Gasteiger partial charge >= 0.3 is 0 Å². The number of anilines is 1. The Kier molecular flexibility index (Phi) is 5.28. The maximum absolute atomic E-state index is 13.1. The van der Waals surface area contributed by atoms with Crippen molar-refractivity contribution in [2.45, 2.75) is 24.8 Å². The Morgan fingerprint density at radius 2 is 1.78 bits per heavy atom. The van der Waals surface area contributed by atoms with Gasteiger partial charge in [0.15, 0.2) is 0 Å². The van der Waals surface area contributed by atoms with Gasteiger partial charge in [-0.2, -0.15) is 4.31 Å². The fourth-order valence-electron chi connectivity index (χ4n) is 3.92. The molecule has 0 fully saturated rings. The molecule has 1 aliphatic heterocycles. The SMILES string of the molecule is Cc1nc2ccc(NC(=O)c3ccc(S(=O)(=O)N4CCc5ccccc5C4)cc3)cc2s1. The van der Waals surface area contributed by atoms with Crippen LogP contribution < -0.4 is 5.32 Å². The van der Waals surface area contributed by atoms with Gasteiger partial charge in [0.25, 0.3) is 5.91 Å². The highest BCUT2D eigenvalue weighted by Crippen LogP contribution is 2.27. The van der Waals surface area contributed by atoms with Crippen LogP contribution in [0.15, 0.2) is 71.6 Å². The largest absolute Gasteiger partial charge is 0.322 e. The number of thiazole rings is 1. The minimum absolute atomic E-state index is 0.190. The molecule has 0 unspecified atom stereocenters. The van der Waals surface area contributed by atoms with Gasteiger partial charge in [0.05, 0.1) is 20.1 Å². The lowest BCUT2D eigenvalue weighted by Crippen LogP contribution is -2.35. The highest BCUT2D eigenvalue weighted by atomic mass is 32.2. The molecule has 4 aromatic rings. The first-order chi connectivity index (χ1) is 15.4. The van der Waals surface area contributed by atoms with Gasteiger partial charge < -0.3 is 5.32 Å². The Hall–Kier alpha value is -3.07. The van der Waals surface area contributed by atoms with Crippen molar-refractivity contribution in [1.82, 2.24) is 9.29 Å². The van der Waals surface area contributed by atoms with Crippen LogP contribution in [0.3, 0.4) is 0 Å². The van der Waals surface area contributed by atoms with E-state index in [2.05, 4.69) is 10.3 Å². The molecule has 0 saturated heterocycles. The highest BCUT2D eigenvalue weighted by Gasteiger charge is 2.28. The molecule has 0 aliphatic carbocycles. The van der Waals surface area contributed by atoms with E-state index in [1.54, 1.807) is 23.5 Å². The maximum Gasteiger partial charge on any atom is 0.255 e. The number of nitrogens with zero attached hydrogens (tertiary/aromatic N) is 2. The van der Waals surface area contributed by atoms with Crippen LogP contribution in [-0.4, -0.2) is 30.2 Å². The number of amides is 1. The average Bonchev–Trinajstić information content (AvgIpc) is 3.18. The van der Waals surface area contributed by atoms with Gasteiger partial charge in [-0.3, -0.25) is 4.79 Å². The average molecular weight is 464 g/mol. The third kappa shape index (κ3) is 3.92. The second-order valence-corrected chi connectivity index (χ2v) is 10.9. The summed E-state index contributed by atoms with van der Waals surface area (Å²) >= 11 is 1.57.